The Kier molecular flexibility index (Phi) is 3.68. The van der Waals surface area contributed by atoms with Crippen LogP contribution in [0, 0.1) is 19.3 Å². The normalized spacial score (nSPS) is 20.8. The zero-order valence-electron chi connectivity index (χ0n) is 13.5. The summed E-state index contributed by atoms with van der Waals surface area (Å²) in [6.07, 6.45) is 3.88. The van der Waals surface area contributed by atoms with Gasteiger partial charge >= 0.3 is 0 Å². The molecule has 1 nitrogen and oxygen atoms in total. The SMILES string of the molecule is CCC1(CC)CN(c2c(C)cccc2C)C(C)(C)C1. The Morgan fingerprint density at radius 3 is 2.00 bits per heavy atom. The summed E-state index contributed by atoms with van der Waals surface area (Å²) in [6.45, 7) is 15.2. The first-order chi connectivity index (χ1) is 8.85. The van der Waals surface area contributed by atoms with Crippen molar-refractivity contribution in [3.05, 3.63) is 29.3 Å². The molecule has 0 unspecified atom stereocenters. The molecule has 106 valence electrons. The van der Waals surface area contributed by atoms with Crippen molar-refractivity contribution in [2.75, 3.05) is 11.4 Å². The number of anilines is 1. The maximum absolute atomic E-state index is 2.67. The number of benzene rings is 1. The first-order valence-corrected chi connectivity index (χ1v) is 7.69. The van der Waals surface area contributed by atoms with Gasteiger partial charge in [-0.3, -0.25) is 0 Å². The molecule has 0 N–H and O–H groups in total. The molecular weight excluding hydrogens is 230 g/mol. The van der Waals surface area contributed by atoms with E-state index in [1.807, 2.05) is 0 Å². The molecule has 1 aliphatic rings. The van der Waals surface area contributed by atoms with Crippen LogP contribution in [0.1, 0.15) is 58.1 Å². The molecule has 1 heterocycles. The Morgan fingerprint density at radius 1 is 1.05 bits per heavy atom. The molecule has 1 saturated heterocycles. The quantitative estimate of drug-likeness (QED) is 0.730. The van der Waals surface area contributed by atoms with Crippen LogP contribution < -0.4 is 4.90 Å². The molecule has 0 radical (unpaired) electrons. The topological polar surface area (TPSA) is 3.24 Å². The maximum Gasteiger partial charge on any atom is 0.0430 e. The second kappa shape index (κ2) is 4.85. The third kappa shape index (κ3) is 2.40. The lowest BCUT2D eigenvalue weighted by molar-refractivity contribution is 0.276. The van der Waals surface area contributed by atoms with Gasteiger partial charge in [-0.15, -0.1) is 0 Å². The van der Waals surface area contributed by atoms with Crippen LogP contribution in [-0.4, -0.2) is 12.1 Å². The average Bonchev–Trinajstić information content (AvgIpc) is 2.62. The molecule has 0 amide bonds. The van der Waals surface area contributed by atoms with Crippen molar-refractivity contribution in [3.63, 3.8) is 0 Å². The molecule has 1 heteroatoms. The van der Waals surface area contributed by atoms with Gasteiger partial charge in [0.1, 0.15) is 0 Å². The molecule has 0 spiro atoms. The highest BCUT2D eigenvalue weighted by Crippen LogP contribution is 2.48. The van der Waals surface area contributed by atoms with Crippen LogP contribution >= 0.6 is 0 Å². The number of hydrogen-bond donors (Lipinski definition) is 0. The van der Waals surface area contributed by atoms with Crippen molar-refractivity contribution in [2.45, 2.75) is 66.3 Å². The van der Waals surface area contributed by atoms with Gasteiger partial charge in [0.25, 0.3) is 0 Å². The zero-order chi connectivity index (χ0) is 14.3. The minimum atomic E-state index is 0.267. The Labute approximate surface area is 119 Å². The Balaban J connectivity index is 2.45. The lowest BCUT2D eigenvalue weighted by Crippen LogP contribution is -2.39. The molecule has 1 aliphatic heterocycles. The Bertz CT molecular complexity index is 435. The third-order valence-electron chi connectivity index (χ3n) is 5.24. The van der Waals surface area contributed by atoms with E-state index < -0.39 is 0 Å². The van der Waals surface area contributed by atoms with E-state index in [-0.39, 0.29) is 5.54 Å². The van der Waals surface area contributed by atoms with E-state index in [9.17, 15) is 0 Å². The van der Waals surface area contributed by atoms with Gasteiger partial charge < -0.3 is 4.90 Å². The fourth-order valence-electron chi connectivity index (χ4n) is 3.96. The van der Waals surface area contributed by atoms with E-state index in [0.29, 0.717) is 5.41 Å². The van der Waals surface area contributed by atoms with E-state index in [2.05, 4.69) is 64.6 Å². The molecule has 0 saturated carbocycles. The van der Waals surface area contributed by atoms with E-state index in [0.717, 1.165) is 0 Å². The first-order valence-electron chi connectivity index (χ1n) is 7.69. The van der Waals surface area contributed by atoms with Crippen LogP contribution in [0.4, 0.5) is 5.69 Å². The Hall–Kier alpha value is -0.980. The molecule has 19 heavy (non-hydrogen) atoms. The Morgan fingerprint density at radius 2 is 1.58 bits per heavy atom. The van der Waals surface area contributed by atoms with Gasteiger partial charge in [0, 0.05) is 17.8 Å². The van der Waals surface area contributed by atoms with Gasteiger partial charge in [0.2, 0.25) is 0 Å². The standard InChI is InChI=1S/C18H29N/c1-7-18(8-2)12-17(5,6)19(13-18)16-14(3)10-9-11-15(16)4/h9-11H,7-8,12-13H2,1-6H3. The summed E-state index contributed by atoms with van der Waals surface area (Å²) in [7, 11) is 0. The molecule has 2 rings (SSSR count). The van der Waals surface area contributed by atoms with Gasteiger partial charge in [-0.25, -0.2) is 0 Å². The van der Waals surface area contributed by atoms with Gasteiger partial charge in [0.15, 0.2) is 0 Å². The van der Waals surface area contributed by atoms with Crippen molar-refractivity contribution in [2.24, 2.45) is 5.41 Å². The predicted molar refractivity (Wildman–Crippen MR) is 85.0 cm³/mol. The minimum Gasteiger partial charge on any atom is -0.365 e. The highest BCUT2D eigenvalue weighted by molar-refractivity contribution is 5.61. The van der Waals surface area contributed by atoms with Crippen molar-refractivity contribution in [1.82, 2.24) is 0 Å². The highest BCUT2D eigenvalue weighted by atomic mass is 15.2. The second-order valence-corrected chi connectivity index (χ2v) is 7.02. The molecule has 0 aliphatic carbocycles. The summed E-state index contributed by atoms with van der Waals surface area (Å²) < 4.78 is 0. The summed E-state index contributed by atoms with van der Waals surface area (Å²) in [5, 5.41) is 0. The predicted octanol–water partition coefficient (Wildman–Crippen LogP) is 5.10. The van der Waals surface area contributed by atoms with E-state index in [1.54, 1.807) is 0 Å². The summed E-state index contributed by atoms with van der Waals surface area (Å²) in [6, 6.07) is 6.66. The lowest BCUT2D eigenvalue weighted by Gasteiger charge is -2.36. The van der Waals surface area contributed by atoms with Crippen LogP contribution in [0.15, 0.2) is 18.2 Å². The molecule has 0 aromatic heterocycles. The number of aryl methyl sites for hydroxylation is 2. The molecule has 1 fully saturated rings. The number of para-hydroxylation sites is 1. The molecular formula is C18H29N. The number of hydrogen-bond acceptors (Lipinski definition) is 1. The molecule has 0 atom stereocenters. The molecule has 1 aromatic rings. The summed E-state index contributed by atoms with van der Waals surface area (Å²) in [5.74, 6) is 0. The van der Waals surface area contributed by atoms with Gasteiger partial charge in [0.05, 0.1) is 0 Å². The largest absolute Gasteiger partial charge is 0.365 e. The summed E-state index contributed by atoms with van der Waals surface area (Å²) >= 11 is 0. The lowest BCUT2D eigenvalue weighted by atomic mass is 9.78. The van der Waals surface area contributed by atoms with Crippen LogP contribution in [0.3, 0.4) is 0 Å². The van der Waals surface area contributed by atoms with E-state index in [4.69, 9.17) is 0 Å². The van der Waals surface area contributed by atoms with Crippen LogP contribution in [0.5, 0.6) is 0 Å². The van der Waals surface area contributed by atoms with Crippen molar-refractivity contribution in [1.29, 1.82) is 0 Å². The zero-order valence-corrected chi connectivity index (χ0v) is 13.5. The summed E-state index contributed by atoms with van der Waals surface area (Å²) in [5.41, 5.74) is 5.06. The summed E-state index contributed by atoms with van der Waals surface area (Å²) in [4.78, 5) is 2.67. The smallest absolute Gasteiger partial charge is 0.0430 e. The minimum absolute atomic E-state index is 0.267. The fraction of sp³-hybridized carbons (Fsp3) is 0.667. The third-order valence-corrected chi connectivity index (χ3v) is 5.24. The van der Waals surface area contributed by atoms with Crippen LogP contribution in [0.2, 0.25) is 0 Å². The van der Waals surface area contributed by atoms with Crippen LogP contribution in [0.25, 0.3) is 0 Å². The molecule has 0 bridgehead atoms. The monoisotopic (exact) mass is 259 g/mol. The average molecular weight is 259 g/mol. The van der Waals surface area contributed by atoms with Gasteiger partial charge in [-0.05, 0) is 63.5 Å². The second-order valence-electron chi connectivity index (χ2n) is 7.02. The van der Waals surface area contributed by atoms with E-state index >= 15 is 0 Å². The van der Waals surface area contributed by atoms with Crippen molar-refractivity contribution in [3.8, 4) is 0 Å². The highest BCUT2D eigenvalue weighted by Gasteiger charge is 2.46. The fourth-order valence-corrected chi connectivity index (χ4v) is 3.96. The van der Waals surface area contributed by atoms with Crippen LogP contribution in [-0.2, 0) is 0 Å². The van der Waals surface area contributed by atoms with Crippen molar-refractivity contribution >= 4 is 5.69 Å². The van der Waals surface area contributed by atoms with Gasteiger partial charge in [-0.2, -0.15) is 0 Å². The van der Waals surface area contributed by atoms with E-state index in [1.165, 1.54) is 42.6 Å². The first kappa shape index (κ1) is 14.4. The maximum atomic E-state index is 2.67. The van der Waals surface area contributed by atoms with Gasteiger partial charge in [-0.1, -0.05) is 32.0 Å². The molecule has 1 aromatic carbocycles. The number of rotatable bonds is 3. The number of nitrogens with zero attached hydrogens (tertiary/aromatic N) is 1. The van der Waals surface area contributed by atoms with Crippen molar-refractivity contribution < 1.29 is 0 Å².